The molecule has 1 aliphatic rings. The molecule has 0 aromatic heterocycles. The molecule has 1 aliphatic carbocycles. The molecule has 0 amide bonds. The first-order valence-electron chi connectivity index (χ1n) is 9.33. The summed E-state index contributed by atoms with van der Waals surface area (Å²) in [6.45, 7) is 4.58. The van der Waals surface area contributed by atoms with Gasteiger partial charge in [0.05, 0.1) is 0 Å². The predicted molar refractivity (Wildman–Crippen MR) is 109 cm³/mol. The molecule has 134 valence electrons. The van der Waals surface area contributed by atoms with Gasteiger partial charge in [-0.1, -0.05) is 67.6 Å². The van der Waals surface area contributed by atoms with Crippen LogP contribution in [0.15, 0.2) is 60.7 Å². The van der Waals surface area contributed by atoms with Gasteiger partial charge in [-0.05, 0) is 45.7 Å². The molecule has 0 bridgehead atoms. The second-order valence-electron chi connectivity index (χ2n) is 7.74. The van der Waals surface area contributed by atoms with Crippen molar-refractivity contribution < 1.29 is 4.57 Å². The van der Waals surface area contributed by atoms with Crippen molar-refractivity contribution >= 4 is 17.8 Å². The molecule has 0 radical (unpaired) electrons. The van der Waals surface area contributed by atoms with Crippen LogP contribution in [0.25, 0.3) is 0 Å². The van der Waals surface area contributed by atoms with E-state index < -0.39 is 7.14 Å². The molecular weight excluding hydrogens is 325 g/mol. The van der Waals surface area contributed by atoms with Crippen LogP contribution in [0.1, 0.15) is 26.7 Å². The molecule has 0 aliphatic heterocycles. The van der Waals surface area contributed by atoms with Gasteiger partial charge in [-0.3, -0.25) is 0 Å². The largest absolute Gasteiger partial charge is 0.313 e. The molecule has 2 nitrogen and oxygen atoms in total. The van der Waals surface area contributed by atoms with Gasteiger partial charge in [-0.2, -0.15) is 0 Å². The third-order valence-corrected chi connectivity index (χ3v) is 9.97. The van der Waals surface area contributed by atoms with Crippen molar-refractivity contribution in [3.8, 4) is 0 Å². The van der Waals surface area contributed by atoms with Gasteiger partial charge in [0.2, 0.25) is 0 Å². The first-order chi connectivity index (χ1) is 12.0. The summed E-state index contributed by atoms with van der Waals surface area (Å²) in [4.78, 5) is 2.29. The summed E-state index contributed by atoms with van der Waals surface area (Å²) < 4.78 is 14.7. The van der Waals surface area contributed by atoms with Gasteiger partial charge in [0.25, 0.3) is 0 Å². The van der Waals surface area contributed by atoms with Crippen LogP contribution < -0.4 is 10.6 Å². The maximum Gasteiger partial charge on any atom is 0.146 e. The van der Waals surface area contributed by atoms with Gasteiger partial charge >= 0.3 is 0 Å². The Morgan fingerprint density at radius 2 is 1.40 bits per heavy atom. The number of rotatable bonds is 5. The van der Waals surface area contributed by atoms with Gasteiger partial charge in [-0.25, -0.2) is 0 Å². The average Bonchev–Trinajstić information content (AvgIpc) is 3.03. The zero-order valence-corrected chi connectivity index (χ0v) is 16.7. The molecule has 3 heteroatoms. The fourth-order valence-electron chi connectivity index (χ4n) is 4.55. The number of nitrogens with zero attached hydrogens (tertiary/aromatic N) is 1. The van der Waals surface area contributed by atoms with E-state index in [1.807, 2.05) is 36.4 Å². The fourth-order valence-corrected chi connectivity index (χ4v) is 8.57. The van der Waals surface area contributed by atoms with E-state index >= 15 is 0 Å². The Balaban J connectivity index is 2.16. The van der Waals surface area contributed by atoms with Crippen LogP contribution in [0.4, 0.5) is 0 Å². The Kier molecular flexibility index (Phi) is 5.51. The molecule has 1 saturated carbocycles. The monoisotopic (exact) mass is 355 g/mol. The summed E-state index contributed by atoms with van der Waals surface area (Å²) in [6, 6.07) is 20.8. The molecule has 0 spiro atoms. The smallest absolute Gasteiger partial charge is 0.146 e. The maximum atomic E-state index is 14.7. The number of benzene rings is 2. The van der Waals surface area contributed by atoms with Crippen LogP contribution in [0, 0.1) is 11.8 Å². The van der Waals surface area contributed by atoms with Gasteiger partial charge in [0.15, 0.2) is 0 Å². The summed E-state index contributed by atoms with van der Waals surface area (Å²) in [5.41, 5.74) is 0.203. The van der Waals surface area contributed by atoms with Crippen molar-refractivity contribution in [1.29, 1.82) is 0 Å². The lowest BCUT2D eigenvalue weighted by Crippen LogP contribution is -2.41. The van der Waals surface area contributed by atoms with Crippen LogP contribution in [-0.4, -0.2) is 30.7 Å². The van der Waals surface area contributed by atoms with Gasteiger partial charge < -0.3 is 9.46 Å². The van der Waals surface area contributed by atoms with E-state index in [1.54, 1.807) is 0 Å². The first-order valence-corrected chi connectivity index (χ1v) is 11.1. The van der Waals surface area contributed by atoms with Crippen molar-refractivity contribution in [3.05, 3.63) is 60.7 Å². The van der Waals surface area contributed by atoms with E-state index in [1.165, 1.54) is 0 Å². The van der Waals surface area contributed by atoms with Crippen LogP contribution in [-0.2, 0) is 4.57 Å². The van der Waals surface area contributed by atoms with Crippen molar-refractivity contribution in [2.45, 2.75) is 38.4 Å². The van der Waals surface area contributed by atoms with E-state index in [0.717, 1.165) is 23.5 Å². The van der Waals surface area contributed by atoms with Crippen molar-refractivity contribution in [2.75, 3.05) is 14.1 Å². The topological polar surface area (TPSA) is 20.3 Å². The summed E-state index contributed by atoms with van der Waals surface area (Å²) >= 11 is 0. The highest BCUT2D eigenvalue weighted by molar-refractivity contribution is 7.79. The van der Waals surface area contributed by atoms with Gasteiger partial charge in [-0.15, -0.1) is 0 Å². The van der Waals surface area contributed by atoms with Gasteiger partial charge in [0.1, 0.15) is 7.14 Å². The van der Waals surface area contributed by atoms with E-state index in [4.69, 9.17) is 0 Å². The SMILES string of the molecule is CC1CCC([C@H](C)N(C)C)C1P(=O)(c1ccccc1)c1ccccc1. The summed E-state index contributed by atoms with van der Waals surface area (Å²) in [7, 11) is 1.57. The minimum Gasteiger partial charge on any atom is -0.313 e. The Hall–Kier alpha value is -1.37. The highest BCUT2D eigenvalue weighted by Crippen LogP contribution is 2.59. The molecule has 3 unspecified atom stereocenters. The molecule has 0 heterocycles. The molecule has 0 saturated heterocycles. The normalized spacial score (nSPS) is 25.2. The summed E-state index contributed by atoms with van der Waals surface area (Å²) in [6.07, 6.45) is 2.33. The standard InChI is InChI=1S/C22H30NOP/c1-17-15-16-21(18(2)23(3)4)22(17)25(24,19-11-7-5-8-12-19)20-13-9-6-10-14-20/h5-14,17-18,21-22H,15-16H2,1-4H3/t17?,18-,21?,22?/m0/s1. The number of hydrogen-bond acceptors (Lipinski definition) is 2. The quantitative estimate of drug-likeness (QED) is 0.743. The van der Waals surface area contributed by atoms with E-state index in [0.29, 0.717) is 17.9 Å². The summed E-state index contributed by atoms with van der Waals surface area (Å²) in [5, 5.41) is 2.02. The minimum atomic E-state index is -2.70. The fraction of sp³-hybridized carbons (Fsp3) is 0.455. The zero-order valence-electron chi connectivity index (χ0n) is 15.8. The maximum absolute atomic E-state index is 14.7. The Labute approximate surface area is 152 Å². The van der Waals surface area contributed by atoms with Gasteiger partial charge in [0, 0.05) is 22.3 Å². The molecule has 2 aromatic rings. The molecule has 1 fully saturated rings. The average molecular weight is 355 g/mol. The second-order valence-corrected chi connectivity index (χ2v) is 10.7. The lowest BCUT2D eigenvalue weighted by molar-refractivity contribution is 0.228. The highest BCUT2D eigenvalue weighted by Gasteiger charge is 2.49. The van der Waals surface area contributed by atoms with E-state index in [2.05, 4.69) is 57.1 Å². The Morgan fingerprint density at radius 1 is 0.920 bits per heavy atom. The van der Waals surface area contributed by atoms with Crippen molar-refractivity contribution in [2.24, 2.45) is 11.8 Å². The molecule has 25 heavy (non-hydrogen) atoms. The van der Waals surface area contributed by atoms with Crippen LogP contribution in [0.2, 0.25) is 0 Å². The van der Waals surface area contributed by atoms with Crippen LogP contribution in [0.3, 0.4) is 0 Å². The molecule has 4 atom stereocenters. The van der Waals surface area contributed by atoms with E-state index in [9.17, 15) is 4.57 Å². The molecule has 3 rings (SSSR count). The predicted octanol–water partition coefficient (Wildman–Crippen LogP) is 4.37. The number of hydrogen-bond donors (Lipinski definition) is 0. The summed E-state index contributed by atoms with van der Waals surface area (Å²) in [5.74, 6) is 0.926. The third kappa shape index (κ3) is 3.35. The second kappa shape index (κ2) is 7.48. The minimum absolute atomic E-state index is 0.203. The molecular formula is C22H30NOP. The lowest BCUT2D eigenvalue weighted by Gasteiger charge is -2.37. The van der Waals surface area contributed by atoms with Crippen LogP contribution >= 0.6 is 7.14 Å². The van der Waals surface area contributed by atoms with E-state index in [-0.39, 0.29) is 5.66 Å². The van der Waals surface area contributed by atoms with Crippen molar-refractivity contribution in [1.82, 2.24) is 4.90 Å². The third-order valence-electron chi connectivity index (χ3n) is 6.11. The highest BCUT2D eigenvalue weighted by atomic mass is 31.2. The molecule has 2 aromatic carbocycles. The first kappa shape index (κ1) is 18.4. The Morgan fingerprint density at radius 3 is 1.84 bits per heavy atom. The zero-order chi connectivity index (χ0) is 18.0. The van der Waals surface area contributed by atoms with Crippen LogP contribution in [0.5, 0.6) is 0 Å². The van der Waals surface area contributed by atoms with Crippen molar-refractivity contribution in [3.63, 3.8) is 0 Å². The Bertz CT molecular complexity index is 685. The molecule has 0 N–H and O–H groups in total. The lowest BCUT2D eigenvalue weighted by atomic mass is 9.97.